The molecule has 2 aromatic rings. The minimum Gasteiger partial charge on any atom is -0.481 e. The molecule has 1 aromatic carbocycles. The molecule has 8 nitrogen and oxygen atoms in total. The van der Waals surface area contributed by atoms with E-state index in [0.717, 1.165) is 5.56 Å². The molecule has 30 heavy (non-hydrogen) atoms. The largest absolute Gasteiger partial charge is 0.481 e. The van der Waals surface area contributed by atoms with Gasteiger partial charge >= 0.3 is 6.03 Å². The van der Waals surface area contributed by atoms with Crippen LogP contribution in [0.1, 0.15) is 6.92 Å². The van der Waals surface area contributed by atoms with Gasteiger partial charge in [-0.05, 0) is 25.1 Å². The Labute approximate surface area is 185 Å². The van der Waals surface area contributed by atoms with Gasteiger partial charge < -0.3 is 15.0 Å². The number of ether oxygens (including phenoxy) is 1. The van der Waals surface area contributed by atoms with Crippen molar-refractivity contribution in [1.29, 1.82) is 0 Å². The smallest absolute Gasteiger partial charge is 0.321 e. The Morgan fingerprint density at radius 1 is 1.17 bits per heavy atom. The number of hydrogen-bond donors (Lipinski definition) is 1. The molecule has 3 rings (SSSR count). The maximum absolute atomic E-state index is 12.6. The Morgan fingerprint density at radius 3 is 2.30 bits per heavy atom. The predicted molar refractivity (Wildman–Crippen MR) is 118 cm³/mol. The number of aromatic nitrogens is 1. The number of urea groups is 1. The maximum atomic E-state index is 12.6. The molecule has 1 saturated heterocycles. The highest BCUT2D eigenvalue weighted by Gasteiger charge is 2.27. The molecule has 1 fully saturated rings. The molecule has 1 aliphatic heterocycles. The van der Waals surface area contributed by atoms with Gasteiger partial charge in [0.25, 0.3) is 0 Å². The fourth-order valence-corrected chi connectivity index (χ4v) is 4.91. The molecule has 1 aromatic heterocycles. The van der Waals surface area contributed by atoms with Gasteiger partial charge in [-0.1, -0.05) is 23.2 Å². The third kappa shape index (κ3) is 4.97. The average molecular weight is 473 g/mol. The van der Waals surface area contributed by atoms with Crippen LogP contribution >= 0.6 is 23.2 Å². The molecule has 0 radical (unpaired) electrons. The Morgan fingerprint density at radius 2 is 1.80 bits per heavy atom. The summed E-state index contributed by atoms with van der Waals surface area (Å²) in [5, 5.41) is 3.50. The lowest BCUT2D eigenvalue weighted by Gasteiger charge is -2.33. The number of halogens is 2. The molecule has 0 bridgehead atoms. The van der Waals surface area contributed by atoms with E-state index >= 15 is 0 Å². The molecule has 0 spiro atoms. The van der Waals surface area contributed by atoms with Crippen molar-refractivity contribution >= 4 is 44.9 Å². The van der Waals surface area contributed by atoms with Crippen LogP contribution in [0.2, 0.25) is 10.0 Å². The van der Waals surface area contributed by atoms with Crippen LogP contribution in [-0.2, 0) is 10.0 Å². The minimum atomic E-state index is -3.25. The number of carbonyl (C=O) groups is 1. The van der Waals surface area contributed by atoms with Gasteiger partial charge in [0.15, 0.2) is 0 Å². The standard InChI is InChI=1S/C19H22Cl2N4O4S/c1-3-30(27,28)25-8-6-24(7-9-25)19(26)23-14-10-15(20)18(16(21)11-14)13-4-5-17(29-2)22-12-13/h4-5,10-12H,3,6-9H2,1-2H3,(H,23,26). The van der Waals surface area contributed by atoms with Crippen LogP contribution in [-0.4, -0.2) is 67.7 Å². The highest BCUT2D eigenvalue weighted by atomic mass is 35.5. The topological polar surface area (TPSA) is 91.8 Å². The molecule has 0 unspecified atom stereocenters. The van der Waals surface area contributed by atoms with Crippen LogP contribution in [0, 0.1) is 0 Å². The van der Waals surface area contributed by atoms with Crippen molar-refractivity contribution in [3.8, 4) is 17.0 Å². The molecular formula is C19H22Cl2N4O4S. The fourth-order valence-electron chi connectivity index (χ4n) is 3.12. The second-order valence-corrected chi connectivity index (χ2v) is 9.69. The second-order valence-electron chi connectivity index (χ2n) is 6.62. The Kier molecular flexibility index (Phi) is 7.07. The first-order valence-corrected chi connectivity index (χ1v) is 11.6. The quantitative estimate of drug-likeness (QED) is 0.717. The number of methoxy groups -OCH3 is 1. The van der Waals surface area contributed by atoms with Gasteiger partial charge in [-0.15, -0.1) is 0 Å². The van der Waals surface area contributed by atoms with Gasteiger partial charge in [0.1, 0.15) is 0 Å². The van der Waals surface area contributed by atoms with Crippen molar-refractivity contribution in [2.24, 2.45) is 0 Å². The maximum Gasteiger partial charge on any atom is 0.321 e. The Balaban J connectivity index is 1.69. The Bertz CT molecular complexity index is 1000. The van der Waals surface area contributed by atoms with Gasteiger partial charge in [-0.25, -0.2) is 18.2 Å². The number of pyridine rings is 1. The zero-order valence-electron chi connectivity index (χ0n) is 16.6. The molecule has 11 heteroatoms. The van der Waals surface area contributed by atoms with Crippen LogP contribution in [0.25, 0.3) is 11.1 Å². The lowest BCUT2D eigenvalue weighted by atomic mass is 10.1. The van der Waals surface area contributed by atoms with Crippen molar-refractivity contribution in [3.05, 3.63) is 40.5 Å². The van der Waals surface area contributed by atoms with Crippen LogP contribution in [0.5, 0.6) is 5.88 Å². The SMILES string of the molecule is CCS(=O)(=O)N1CCN(C(=O)Nc2cc(Cl)c(-c3ccc(OC)nc3)c(Cl)c2)CC1. The number of nitrogens with one attached hydrogen (secondary N) is 1. The van der Waals surface area contributed by atoms with Crippen LogP contribution < -0.4 is 10.1 Å². The summed E-state index contributed by atoms with van der Waals surface area (Å²) in [5.74, 6) is 0.522. The highest BCUT2D eigenvalue weighted by molar-refractivity contribution is 7.89. The van der Waals surface area contributed by atoms with E-state index in [2.05, 4.69) is 10.3 Å². The summed E-state index contributed by atoms with van der Waals surface area (Å²) in [4.78, 5) is 18.3. The molecule has 1 aliphatic rings. The molecular weight excluding hydrogens is 451 g/mol. The number of hydrogen-bond acceptors (Lipinski definition) is 5. The van der Waals surface area contributed by atoms with E-state index in [1.165, 1.54) is 11.4 Å². The van der Waals surface area contributed by atoms with E-state index < -0.39 is 10.0 Å². The number of sulfonamides is 1. The van der Waals surface area contributed by atoms with Crippen LogP contribution in [0.4, 0.5) is 10.5 Å². The van der Waals surface area contributed by atoms with Crippen molar-refractivity contribution in [3.63, 3.8) is 0 Å². The van der Waals surface area contributed by atoms with E-state index in [0.29, 0.717) is 40.3 Å². The van der Waals surface area contributed by atoms with Gasteiger partial charge in [0.05, 0.1) is 22.9 Å². The van der Waals surface area contributed by atoms with Crippen LogP contribution in [0.3, 0.4) is 0 Å². The van der Waals surface area contributed by atoms with E-state index in [1.807, 2.05) is 0 Å². The summed E-state index contributed by atoms with van der Waals surface area (Å²) in [6.07, 6.45) is 1.61. The molecule has 0 atom stereocenters. The van der Waals surface area contributed by atoms with Crippen molar-refractivity contribution in [1.82, 2.24) is 14.2 Å². The Hall–Kier alpha value is -2.07. The van der Waals surface area contributed by atoms with Crippen molar-refractivity contribution in [2.45, 2.75) is 6.92 Å². The lowest BCUT2D eigenvalue weighted by Crippen LogP contribution is -2.51. The highest BCUT2D eigenvalue weighted by Crippen LogP contribution is 2.37. The van der Waals surface area contributed by atoms with Gasteiger partial charge in [0, 0.05) is 55.3 Å². The van der Waals surface area contributed by atoms with E-state index in [1.54, 1.807) is 42.3 Å². The molecule has 1 N–H and O–H groups in total. The minimum absolute atomic E-state index is 0.0479. The first kappa shape index (κ1) is 22.6. The van der Waals surface area contributed by atoms with E-state index in [4.69, 9.17) is 27.9 Å². The first-order valence-electron chi connectivity index (χ1n) is 9.28. The number of amides is 2. The normalized spacial score (nSPS) is 15.1. The van der Waals surface area contributed by atoms with Gasteiger partial charge in [-0.2, -0.15) is 4.31 Å². The number of piperazine rings is 1. The molecule has 2 amide bonds. The number of rotatable bonds is 5. The zero-order valence-corrected chi connectivity index (χ0v) is 18.9. The van der Waals surface area contributed by atoms with Crippen molar-refractivity contribution in [2.75, 3.05) is 44.4 Å². The number of anilines is 1. The number of benzene rings is 1. The molecule has 162 valence electrons. The predicted octanol–water partition coefficient (Wildman–Crippen LogP) is 3.56. The van der Waals surface area contributed by atoms with Crippen molar-refractivity contribution < 1.29 is 17.9 Å². The van der Waals surface area contributed by atoms with E-state index in [9.17, 15) is 13.2 Å². The lowest BCUT2D eigenvalue weighted by molar-refractivity contribution is 0.184. The fraction of sp³-hybridized carbons (Fsp3) is 0.368. The third-order valence-corrected chi connectivity index (χ3v) is 7.29. The zero-order chi connectivity index (χ0) is 21.9. The molecule has 0 aliphatic carbocycles. The number of carbonyl (C=O) groups excluding carboxylic acids is 1. The summed E-state index contributed by atoms with van der Waals surface area (Å²) in [7, 11) is -1.72. The van der Waals surface area contributed by atoms with Gasteiger partial charge in [0.2, 0.25) is 15.9 Å². The summed E-state index contributed by atoms with van der Waals surface area (Å²) >= 11 is 12.8. The van der Waals surface area contributed by atoms with Crippen LogP contribution in [0.15, 0.2) is 30.5 Å². The average Bonchev–Trinajstić information content (AvgIpc) is 2.74. The molecule has 0 saturated carbocycles. The monoisotopic (exact) mass is 472 g/mol. The summed E-state index contributed by atoms with van der Waals surface area (Å²) < 4.78 is 30.4. The summed E-state index contributed by atoms with van der Waals surface area (Å²) in [5.41, 5.74) is 1.77. The molecule has 2 heterocycles. The first-order chi connectivity index (χ1) is 14.2. The summed E-state index contributed by atoms with van der Waals surface area (Å²) in [6.45, 7) is 2.76. The second kappa shape index (κ2) is 9.38. The number of nitrogens with zero attached hydrogens (tertiary/aromatic N) is 3. The van der Waals surface area contributed by atoms with E-state index in [-0.39, 0.29) is 24.9 Å². The summed E-state index contributed by atoms with van der Waals surface area (Å²) in [6, 6.07) is 6.39. The van der Waals surface area contributed by atoms with Gasteiger partial charge in [-0.3, -0.25) is 0 Å². The third-order valence-electron chi connectivity index (χ3n) is 4.81.